The summed E-state index contributed by atoms with van der Waals surface area (Å²) in [6.45, 7) is 10.4. The van der Waals surface area contributed by atoms with E-state index in [1.165, 1.54) is 0 Å². The lowest BCUT2D eigenvalue weighted by molar-refractivity contribution is -0.124. The van der Waals surface area contributed by atoms with Crippen molar-refractivity contribution in [3.63, 3.8) is 0 Å². The number of fused-ring (bicyclic) bond motifs is 1. The second kappa shape index (κ2) is 12.1. The fraction of sp³-hybridized carbons (Fsp3) is 0.680. The second-order valence-electron chi connectivity index (χ2n) is 9.34. The Morgan fingerprint density at radius 2 is 1.91 bits per heavy atom. The standard InChI is InChI=1S/C25H39N3O4/c1-4-7-23(29)26-15-19-8-5-11-28(16-19)17-24(30)27-25(18(2)3)20-9-10-21-22(14-20)32-13-6-12-31-21/h9-10,14,18-19,25H,4-8,11-13,15-17H2,1-3H3,(H,26,29)(H,27,30). The summed E-state index contributed by atoms with van der Waals surface area (Å²) in [5, 5.41) is 6.27. The molecule has 2 unspecified atom stereocenters. The highest BCUT2D eigenvalue weighted by Crippen LogP contribution is 2.34. The molecule has 0 aromatic heterocycles. The van der Waals surface area contributed by atoms with E-state index in [2.05, 4.69) is 29.4 Å². The van der Waals surface area contributed by atoms with Gasteiger partial charge in [-0.15, -0.1) is 0 Å². The van der Waals surface area contributed by atoms with Crippen LogP contribution in [0.1, 0.15) is 64.5 Å². The molecule has 1 aromatic carbocycles. The van der Waals surface area contributed by atoms with Crippen molar-refractivity contribution in [3.05, 3.63) is 23.8 Å². The molecule has 1 fully saturated rings. The second-order valence-corrected chi connectivity index (χ2v) is 9.34. The Hall–Kier alpha value is -2.28. The zero-order valence-electron chi connectivity index (χ0n) is 19.8. The van der Waals surface area contributed by atoms with Crippen molar-refractivity contribution in [1.29, 1.82) is 0 Å². The number of hydrogen-bond donors (Lipinski definition) is 2. The molecule has 0 bridgehead atoms. The van der Waals surface area contributed by atoms with Gasteiger partial charge >= 0.3 is 0 Å². The van der Waals surface area contributed by atoms with Crippen molar-refractivity contribution < 1.29 is 19.1 Å². The van der Waals surface area contributed by atoms with Gasteiger partial charge in [0.05, 0.1) is 25.8 Å². The van der Waals surface area contributed by atoms with Gasteiger partial charge in [-0.05, 0) is 55.3 Å². The number of likely N-dealkylation sites (tertiary alicyclic amines) is 1. The monoisotopic (exact) mass is 445 g/mol. The zero-order valence-corrected chi connectivity index (χ0v) is 19.8. The predicted octanol–water partition coefficient (Wildman–Crippen LogP) is 3.29. The number of carbonyl (C=O) groups excluding carboxylic acids is 2. The van der Waals surface area contributed by atoms with Gasteiger partial charge in [0.1, 0.15) is 0 Å². The Bertz CT molecular complexity index is 768. The molecule has 1 saturated heterocycles. The summed E-state index contributed by atoms with van der Waals surface area (Å²) >= 11 is 0. The van der Waals surface area contributed by atoms with Crippen LogP contribution >= 0.6 is 0 Å². The van der Waals surface area contributed by atoms with E-state index < -0.39 is 0 Å². The highest BCUT2D eigenvalue weighted by Gasteiger charge is 2.25. The fourth-order valence-electron chi connectivity index (χ4n) is 4.47. The highest BCUT2D eigenvalue weighted by molar-refractivity contribution is 5.78. The molecule has 0 saturated carbocycles. The van der Waals surface area contributed by atoms with Crippen molar-refractivity contribution >= 4 is 11.8 Å². The number of nitrogens with one attached hydrogen (secondary N) is 2. The summed E-state index contributed by atoms with van der Waals surface area (Å²) < 4.78 is 11.6. The van der Waals surface area contributed by atoms with Crippen LogP contribution in [0.2, 0.25) is 0 Å². The lowest BCUT2D eigenvalue weighted by atomic mass is 9.95. The van der Waals surface area contributed by atoms with E-state index in [4.69, 9.17) is 9.47 Å². The minimum absolute atomic E-state index is 0.0338. The Morgan fingerprint density at radius 1 is 1.12 bits per heavy atom. The molecule has 1 aromatic rings. The molecular weight excluding hydrogens is 406 g/mol. The molecule has 0 radical (unpaired) electrons. The molecule has 178 valence electrons. The van der Waals surface area contributed by atoms with Crippen molar-refractivity contribution in [2.24, 2.45) is 11.8 Å². The van der Waals surface area contributed by atoms with Crippen molar-refractivity contribution in [1.82, 2.24) is 15.5 Å². The Balaban J connectivity index is 1.55. The van der Waals surface area contributed by atoms with Crippen LogP contribution in [-0.2, 0) is 9.59 Å². The lowest BCUT2D eigenvalue weighted by Crippen LogP contribution is -2.46. The summed E-state index contributed by atoms with van der Waals surface area (Å²) in [6.07, 6.45) is 4.46. The van der Waals surface area contributed by atoms with Crippen LogP contribution in [0, 0.1) is 11.8 Å². The number of carbonyl (C=O) groups is 2. The van der Waals surface area contributed by atoms with Gasteiger partial charge in [0.15, 0.2) is 11.5 Å². The number of amides is 2. The van der Waals surface area contributed by atoms with Crippen LogP contribution in [0.3, 0.4) is 0 Å². The largest absolute Gasteiger partial charge is 0.490 e. The maximum Gasteiger partial charge on any atom is 0.234 e. The fourth-order valence-corrected chi connectivity index (χ4v) is 4.47. The normalized spacial score (nSPS) is 19.8. The zero-order chi connectivity index (χ0) is 22.9. The van der Waals surface area contributed by atoms with E-state index in [-0.39, 0.29) is 23.8 Å². The molecule has 7 nitrogen and oxygen atoms in total. The van der Waals surface area contributed by atoms with Crippen molar-refractivity contribution in [2.75, 3.05) is 39.4 Å². The van der Waals surface area contributed by atoms with Crippen LogP contribution in [0.25, 0.3) is 0 Å². The minimum Gasteiger partial charge on any atom is -0.490 e. The van der Waals surface area contributed by atoms with Crippen LogP contribution in [-0.4, -0.2) is 56.1 Å². The third-order valence-electron chi connectivity index (χ3n) is 6.15. The maximum atomic E-state index is 12.9. The molecule has 2 N–H and O–H groups in total. The third kappa shape index (κ3) is 7.12. The average molecular weight is 446 g/mol. The third-order valence-corrected chi connectivity index (χ3v) is 6.15. The van der Waals surface area contributed by atoms with Crippen LogP contribution in [0.15, 0.2) is 18.2 Å². The Kier molecular flexibility index (Phi) is 9.21. The number of piperidine rings is 1. The number of nitrogens with zero attached hydrogens (tertiary/aromatic N) is 1. The van der Waals surface area contributed by atoms with Gasteiger partial charge in [0.2, 0.25) is 11.8 Å². The molecule has 2 aliphatic heterocycles. The number of hydrogen-bond acceptors (Lipinski definition) is 5. The van der Waals surface area contributed by atoms with Gasteiger partial charge in [0.25, 0.3) is 0 Å². The maximum absolute atomic E-state index is 12.9. The first kappa shape index (κ1) is 24.4. The predicted molar refractivity (Wildman–Crippen MR) is 125 cm³/mol. The van der Waals surface area contributed by atoms with Crippen molar-refractivity contribution in [2.45, 2.75) is 58.9 Å². The first-order valence-electron chi connectivity index (χ1n) is 12.1. The van der Waals surface area contributed by atoms with E-state index in [0.29, 0.717) is 38.6 Å². The number of rotatable bonds is 9. The molecular formula is C25H39N3O4. The lowest BCUT2D eigenvalue weighted by Gasteiger charge is -2.33. The van der Waals surface area contributed by atoms with E-state index in [0.717, 1.165) is 55.8 Å². The van der Waals surface area contributed by atoms with Crippen LogP contribution in [0.5, 0.6) is 11.5 Å². The summed E-state index contributed by atoms with van der Waals surface area (Å²) in [7, 11) is 0. The molecule has 2 atom stereocenters. The first-order valence-corrected chi connectivity index (χ1v) is 12.1. The van der Waals surface area contributed by atoms with E-state index in [1.54, 1.807) is 0 Å². The topological polar surface area (TPSA) is 79.9 Å². The highest BCUT2D eigenvalue weighted by atomic mass is 16.5. The van der Waals surface area contributed by atoms with Crippen LogP contribution < -0.4 is 20.1 Å². The van der Waals surface area contributed by atoms with E-state index in [1.807, 2.05) is 25.1 Å². The van der Waals surface area contributed by atoms with Gasteiger partial charge in [-0.2, -0.15) is 0 Å². The van der Waals surface area contributed by atoms with Gasteiger partial charge < -0.3 is 20.1 Å². The molecule has 0 aliphatic carbocycles. The number of ether oxygens (including phenoxy) is 2. The summed E-state index contributed by atoms with van der Waals surface area (Å²) in [5.74, 6) is 2.32. The number of benzene rings is 1. The smallest absolute Gasteiger partial charge is 0.234 e. The van der Waals surface area contributed by atoms with E-state index in [9.17, 15) is 9.59 Å². The van der Waals surface area contributed by atoms with Crippen LogP contribution in [0.4, 0.5) is 0 Å². The van der Waals surface area contributed by atoms with E-state index >= 15 is 0 Å². The molecule has 2 aliphatic rings. The average Bonchev–Trinajstić information content (AvgIpc) is 3.01. The van der Waals surface area contributed by atoms with Gasteiger partial charge in [-0.1, -0.05) is 26.8 Å². The van der Waals surface area contributed by atoms with Crippen molar-refractivity contribution in [3.8, 4) is 11.5 Å². The molecule has 0 spiro atoms. The molecule has 7 heteroatoms. The molecule has 3 rings (SSSR count). The SMILES string of the molecule is CCCC(=O)NCC1CCCN(CC(=O)NC(c2ccc3c(c2)OCCCO3)C(C)C)C1. The Morgan fingerprint density at radius 3 is 2.66 bits per heavy atom. The quantitative estimate of drug-likeness (QED) is 0.610. The molecule has 2 heterocycles. The van der Waals surface area contributed by atoms with Gasteiger partial charge in [-0.25, -0.2) is 0 Å². The molecule has 32 heavy (non-hydrogen) atoms. The Labute approximate surface area is 192 Å². The minimum atomic E-state index is -0.0893. The molecule has 2 amide bonds. The summed E-state index contributed by atoms with van der Waals surface area (Å²) in [6, 6.07) is 5.88. The summed E-state index contributed by atoms with van der Waals surface area (Å²) in [5.41, 5.74) is 1.03. The summed E-state index contributed by atoms with van der Waals surface area (Å²) in [4.78, 5) is 26.9. The first-order chi connectivity index (χ1) is 15.5. The van der Waals surface area contributed by atoms with Gasteiger partial charge in [-0.3, -0.25) is 14.5 Å². The van der Waals surface area contributed by atoms with Gasteiger partial charge in [0, 0.05) is 25.9 Å².